The fraction of sp³-hybridized carbons (Fsp3) is 0.429. The number of aliphatic carboxylic acids is 1. The molecule has 120 valence electrons. The molecule has 1 heterocycles. The number of carbonyl (C=O) groups is 2. The van der Waals surface area contributed by atoms with Gasteiger partial charge < -0.3 is 10.4 Å². The van der Waals surface area contributed by atoms with Crippen LogP contribution in [-0.2, 0) is 9.59 Å². The number of likely N-dealkylation sites (tertiary alicyclic amines) is 1. The minimum absolute atomic E-state index is 0.0967. The van der Waals surface area contributed by atoms with Gasteiger partial charge in [0.2, 0.25) is 5.91 Å². The summed E-state index contributed by atoms with van der Waals surface area (Å²) in [6, 6.07) is 2.94. The molecule has 1 aromatic carbocycles. The lowest BCUT2D eigenvalue weighted by molar-refractivity contribution is -0.147. The molecule has 0 aromatic heterocycles. The molecule has 0 radical (unpaired) electrons. The van der Waals surface area contributed by atoms with E-state index in [0.717, 1.165) is 0 Å². The molecule has 0 spiro atoms. The second kappa shape index (κ2) is 6.62. The van der Waals surface area contributed by atoms with Crippen LogP contribution in [0.15, 0.2) is 12.1 Å². The minimum atomic E-state index is -0.845. The molecule has 1 unspecified atom stereocenters. The lowest BCUT2D eigenvalue weighted by Crippen LogP contribution is -2.35. The smallest absolute Gasteiger partial charge is 0.310 e. The second-order valence-electron chi connectivity index (χ2n) is 5.62. The number of benzene rings is 1. The summed E-state index contributed by atoms with van der Waals surface area (Å²) in [5, 5.41) is 12.7. The molecule has 0 bridgehead atoms. The molecule has 2 N–H and O–H groups in total. The fourth-order valence-electron chi connectivity index (χ4n) is 2.38. The number of halogens is 3. The van der Waals surface area contributed by atoms with Gasteiger partial charge in [0.1, 0.15) is 0 Å². The van der Waals surface area contributed by atoms with Gasteiger partial charge >= 0.3 is 5.97 Å². The van der Waals surface area contributed by atoms with Crippen molar-refractivity contribution in [3.05, 3.63) is 27.2 Å². The molecule has 1 aliphatic heterocycles. The summed E-state index contributed by atoms with van der Waals surface area (Å²) in [7, 11) is 0. The maximum Gasteiger partial charge on any atom is 0.310 e. The summed E-state index contributed by atoms with van der Waals surface area (Å²) in [6.07, 6.45) is 0.517. The van der Waals surface area contributed by atoms with Crippen LogP contribution in [0.2, 0.25) is 15.1 Å². The van der Waals surface area contributed by atoms with Crippen molar-refractivity contribution in [2.24, 2.45) is 5.41 Å². The summed E-state index contributed by atoms with van der Waals surface area (Å²) in [5.74, 6) is -1.13. The molecule has 1 saturated heterocycles. The van der Waals surface area contributed by atoms with Crippen LogP contribution >= 0.6 is 34.8 Å². The highest BCUT2D eigenvalue weighted by Gasteiger charge is 2.40. The number of carboxylic acid groups (broad SMARTS) is 1. The largest absolute Gasteiger partial charge is 0.481 e. The van der Waals surface area contributed by atoms with Crippen LogP contribution < -0.4 is 5.32 Å². The lowest BCUT2D eigenvalue weighted by atomic mass is 9.90. The minimum Gasteiger partial charge on any atom is -0.481 e. The number of nitrogens with one attached hydrogen (secondary N) is 1. The first-order chi connectivity index (χ1) is 10.2. The highest BCUT2D eigenvalue weighted by molar-refractivity contribution is 6.44. The number of anilines is 1. The lowest BCUT2D eigenvalue weighted by Gasteiger charge is -2.19. The molecule has 22 heavy (non-hydrogen) atoms. The number of amides is 1. The number of nitrogens with zero attached hydrogens (tertiary/aromatic N) is 1. The van der Waals surface area contributed by atoms with Gasteiger partial charge in [0.15, 0.2) is 0 Å². The summed E-state index contributed by atoms with van der Waals surface area (Å²) < 4.78 is 0. The van der Waals surface area contributed by atoms with E-state index in [9.17, 15) is 14.7 Å². The molecular formula is C14H15Cl3N2O3. The van der Waals surface area contributed by atoms with Crippen molar-refractivity contribution in [2.45, 2.75) is 13.3 Å². The zero-order chi connectivity index (χ0) is 16.5. The van der Waals surface area contributed by atoms with Crippen LogP contribution in [0, 0.1) is 5.41 Å². The third kappa shape index (κ3) is 3.84. The van der Waals surface area contributed by atoms with Gasteiger partial charge in [-0.2, -0.15) is 0 Å². The predicted molar refractivity (Wildman–Crippen MR) is 86.9 cm³/mol. The zero-order valence-corrected chi connectivity index (χ0v) is 14.1. The van der Waals surface area contributed by atoms with E-state index in [2.05, 4.69) is 5.32 Å². The van der Waals surface area contributed by atoms with Gasteiger partial charge in [0.05, 0.1) is 32.7 Å². The van der Waals surface area contributed by atoms with Crippen molar-refractivity contribution in [1.29, 1.82) is 0 Å². The third-order valence-corrected chi connectivity index (χ3v) is 4.75. The van der Waals surface area contributed by atoms with Crippen molar-refractivity contribution in [3.8, 4) is 0 Å². The van der Waals surface area contributed by atoms with Crippen LogP contribution in [0.5, 0.6) is 0 Å². The van der Waals surface area contributed by atoms with E-state index in [4.69, 9.17) is 34.8 Å². The topological polar surface area (TPSA) is 69.6 Å². The number of carbonyl (C=O) groups excluding carboxylic acids is 1. The molecule has 1 aliphatic rings. The standard InChI is InChI=1S/C14H15Cl3N2O3/c1-14(13(21)22)2-3-19(7-14)6-12(20)18-11-5-9(16)8(15)4-10(11)17/h4-5H,2-3,6-7H2,1H3,(H,18,20)(H,21,22). The highest BCUT2D eigenvalue weighted by Crippen LogP contribution is 2.33. The molecule has 2 rings (SSSR count). The highest BCUT2D eigenvalue weighted by atomic mass is 35.5. The van der Waals surface area contributed by atoms with E-state index >= 15 is 0 Å². The number of carboxylic acids is 1. The quantitative estimate of drug-likeness (QED) is 0.803. The molecular weight excluding hydrogens is 351 g/mol. The molecule has 1 aromatic rings. The van der Waals surface area contributed by atoms with Crippen LogP contribution in [0.1, 0.15) is 13.3 Å². The summed E-state index contributed by atoms with van der Waals surface area (Å²) in [6.45, 7) is 2.68. The maximum absolute atomic E-state index is 12.1. The van der Waals surface area contributed by atoms with Crippen molar-refractivity contribution in [3.63, 3.8) is 0 Å². The van der Waals surface area contributed by atoms with Crippen molar-refractivity contribution >= 4 is 52.4 Å². The summed E-state index contributed by atoms with van der Waals surface area (Å²) in [5.41, 5.74) is -0.428. The van der Waals surface area contributed by atoms with E-state index in [1.165, 1.54) is 12.1 Å². The van der Waals surface area contributed by atoms with Crippen molar-refractivity contribution in [2.75, 3.05) is 25.0 Å². The van der Waals surface area contributed by atoms with Gasteiger partial charge in [-0.3, -0.25) is 14.5 Å². The fourth-order valence-corrected chi connectivity index (χ4v) is 2.97. The van der Waals surface area contributed by atoms with E-state index in [1.807, 2.05) is 0 Å². The van der Waals surface area contributed by atoms with Gasteiger partial charge in [-0.15, -0.1) is 0 Å². The number of hydrogen-bond acceptors (Lipinski definition) is 3. The van der Waals surface area contributed by atoms with Gasteiger partial charge in [-0.1, -0.05) is 34.8 Å². The average molecular weight is 366 g/mol. The van der Waals surface area contributed by atoms with Gasteiger partial charge in [0.25, 0.3) is 0 Å². The van der Waals surface area contributed by atoms with Crippen LogP contribution in [-0.4, -0.2) is 41.5 Å². The van der Waals surface area contributed by atoms with Crippen molar-refractivity contribution < 1.29 is 14.7 Å². The Bertz CT molecular complexity index is 624. The van der Waals surface area contributed by atoms with Crippen molar-refractivity contribution in [1.82, 2.24) is 4.90 Å². The molecule has 5 nitrogen and oxygen atoms in total. The van der Waals surface area contributed by atoms with Crippen LogP contribution in [0.3, 0.4) is 0 Å². The molecule has 8 heteroatoms. The number of rotatable bonds is 4. The van der Waals surface area contributed by atoms with Crippen LogP contribution in [0.25, 0.3) is 0 Å². The number of hydrogen-bond donors (Lipinski definition) is 2. The van der Waals surface area contributed by atoms with E-state index in [0.29, 0.717) is 40.3 Å². The average Bonchev–Trinajstić information content (AvgIpc) is 2.79. The Morgan fingerprint density at radius 3 is 2.50 bits per heavy atom. The molecule has 1 fully saturated rings. The van der Waals surface area contributed by atoms with E-state index < -0.39 is 11.4 Å². The first-order valence-electron chi connectivity index (χ1n) is 6.61. The normalized spacial score (nSPS) is 21.8. The predicted octanol–water partition coefficient (Wildman–Crippen LogP) is 3.38. The monoisotopic (exact) mass is 364 g/mol. The van der Waals surface area contributed by atoms with Gasteiger partial charge in [-0.25, -0.2) is 0 Å². The zero-order valence-electron chi connectivity index (χ0n) is 11.8. The third-order valence-electron chi connectivity index (χ3n) is 3.72. The first kappa shape index (κ1) is 17.3. The van der Waals surface area contributed by atoms with Crippen LogP contribution in [0.4, 0.5) is 5.69 Å². The Morgan fingerprint density at radius 2 is 1.91 bits per heavy atom. The molecule has 1 amide bonds. The van der Waals surface area contributed by atoms with E-state index in [-0.39, 0.29) is 12.5 Å². The Kier molecular flexibility index (Phi) is 5.22. The summed E-state index contributed by atoms with van der Waals surface area (Å²) in [4.78, 5) is 25.1. The SMILES string of the molecule is CC1(C(=O)O)CCN(CC(=O)Nc2cc(Cl)c(Cl)cc2Cl)C1. The first-order valence-corrected chi connectivity index (χ1v) is 7.75. The van der Waals surface area contributed by atoms with Gasteiger partial charge in [0, 0.05) is 6.54 Å². The molecule has 1 atom stereocenters. The Hall–Kier alpha value is -1.01. The van der Waals surface area contributed by atoms with Gasteiger partial charge in [-0.05, 0) is 32.0 Å². The molecule has 0 saturated carbocycles. The summed E-state index contributed by atoms with van der Waals surface area (Å²) >= 11 is 17.7. The maximum atomic E-state index is 12.1. The Labute approximate surface area is 143 Å². The Balaban J connectivity index is 1.97. The molecule has 0 aliphatic carbocycles. The Morgan fingerprint density at radius 1 is 1.27 bits per heavy atom. The van der Waals surface area contributed by atoms with E-state index in [1.54, 1.807) is 11.8 Å². The second-order valence-corrected chi connectivity index (χ2v) is 6.84.